The molecule has 0 saturated heterocycles. The number of benzene rings is 1. The van der Waals surface area contributed by atoms with Crippen LogP contribution < -0.4 is 15.8 Å². The molecule has 0 atom stereocenters. The van der Waals surface area contributed by atoms with Crippen LogP contribution in [0.5, 0.6) is 5.75 Å². The van der Waals surface area contributed by atoms with Crippen LogP contribution in [-0.2, 0) is 4.79 Å². The number of hydrazone groups is 1. The van der Waals surface area contributed by atoms with E-state index in [0.717, 1.165) is 18.3 Å². The fraction of sp³-hybridized carbons (Fsp3) is 0.0667. The van der Waals surface area contributed by atoms with Crippen LogP contribution in [0, 0.1) is 10.1 Å². The smallest absolute Gasteiger partial charge is 0.270 e. The highest BCUT2D eigenvalue weighted by Crippen LogP contribution is 2.22. The van der Waals surface area contributed by atoms with Crippen molar-refractivity contribution in [1.82, 2.24) is 15.7 Å². The van der Waals surface area contributed by atoms with E-state index in [1.165, 1.54) is 18.3 Å². The maximum atomic E-state index is 11.7. The van der Waals surface area contributed by atoms with Gasteiger partial charge in [-0.2, -0.15) is 5.10 Å². The quantitative estimate of drug-likeness (QED) is 0.426. The molecule has 0 bridgehead atoms. The van der Waals surface area contributed by atoms with Crippen molar-refractivity contribution in [3.05, 3.63) is 64.0 Å². The second-order valence-electron chi connectivity index (χ2n) is 4.68. The third kappa shape index (κ3) is 5.10. The second kappa shape index (κ2) is 8.15. The Kier molecular flexibility index (Phi) is 5.72. The van der Waals surface area contributed by atoms with Crippen LogP contribution >= 0.6 is 0 Å². The number of aromatic nitrogens is 1. The molecule has 0 aliphatic heterocycles. The lowest BCUT2D eigenvalue weighted by molar-refractivity contribution is -0.398. The number of nitrogens with one attached hydrogen (secondary N) is 2. The molecule has 10 heteroatoms. The van der Waals surface area contributed by atoms with Crippen molar-refractivity contribution in [2.24, 2.45) is 5.10 Å². The van der Waals surface area contributed by atoms with Crippen LogP contribution in [0.1, 0.15) is 16.1 Å². The Morgan fingerprint density at radius 1 is 1.28 bits per heavy atom. The molecule has 0 aliphatic rings. The van der Waals surface area contributed by atoms with Crippen LogP contribution in [0.15, 0.2) is 47.7 Å². The molecule has 1 aromatic heterocycles. The van der Waals surface area contributed by atoms with Crippen molar-refractivity contribution >= 4 is 23.7 Å². The number of nitro groups is 1. The zero-order chi connectivity index (χ0) is 18.2. The van der Waals surface area contributed by atoms with E-state index in [0.29, 0.717) is 0 Å². The molecule has 0 fully saturated rings. The fourth-order valence-electron chi connectivity index (χ4n) is 1.72. The summed E-state index contributed by atoms with van der Waals surface area (Å²) < 4.78 is 0. The summed E-state index contributed by atoms with van der Waals surface area (Å²) in [7, 11) is 0. The fourth-order valence-corrected chi connectivity index (χ4v) is 1.72. The first-order valence-corrected chi connectivity index (χ1v) is 6.94. The van der Waals surface area contributed by atoms with Crippen molar-refractivity contribution in [3.63, 3.8) is 0 Å². The number of hydrogen-bond donors (Lipinski definition) is 2. The first-order valence-electron chi connectivity index (χ1n) is 6.94. The first kappa shape index (κ1) is 17.5. The van der Waals surface area contributed by atoms with E-state index in [1.54, 1.807) is 12.1 Å². The van der Waals surface area contributed by atoms with Crippen LogP contribution in [0.2, 0.25) is 0 Å². The van der Waals surface area contributed by atoms with Gasteiger partial charge in [0.15, 0.2) is 0 Å². The molecule has 128 valence electrons. The molecule has 1 heterocycles. The first-order chi connectivity index (χ1) is 12.0. The second-order valence-corrected chi connectivity index (χ2v) is 4.68. The average Bonchev–Trinajstić information content (AvgIpc) is 2.61. The molecule has 0 radical (unpaired) electrons. The van der Waals surface area contributed by atoms with Gasteiger partial charge in [0.1, 0.15) is 5.69 Å². The van der Waals surface area contributed by atoms with Gasteiger partial charge in [0.25, 0.3) is 17.5 Å². The van der Waals surface area contributed by atoms with Crippen molar-refractivity contribution in [3.8, 4) is 5.75 Å². The van der Waals surface area contributed by atoms with Gasteiger partial charge in [0.05, 0.1) is 17.7 Å². The van der Waals surface area contributed by atoms with E-state index in [-0.39, 0.29) is 17.8 Å². The molecule has 0 aliphatic carbocycles. The summed E-state index contributed by atoms with van der Waals surface area (Å²) in [6.45, 7) is -0.327. The standard InChI is InChI=1S/C15H13N5O5/c21-13-5-4-10(7-12(13)20(24)25)8-18-19-14(22)9-17-15(23)11-3-1-2-6-16-11/h1-8,21H,9H2,(H,17,23)(H,19,22)/p-1/b18-8-. The molecule has 2 aromatic rings. The summed E-state index contributed by atoms with van der Waals surface area (Å²) in [5, 5.41) is 27.9. The molecular weight excluding hydrogens is 330 g/mol. The lowest BCUT2D eigenvalue weighted by atomic mass is 10.2. The van der Waals surface area contributed by atoms with Crippen molar-refractivity contribution < 1.29 is 19.6 Å². The molecule has 0 unspecified atom stereocenters. The number of pyridine rings is 1. The van der Waals surface area contributed by atoms with E-state index in [2.05, 4.69) is 20.8 Å². The number of nitro benzene ring substituents is 1. The zero-order valence-electron chi connectivity index (χ0n) is 12.7. The summed E-state index contributed by atoms with van der Waals surface area (Å²) >= 11 is 0. The molecule has 0 spiro atoms. The third-order valence-corrected chi connectivity index (χ3v) is 2.89. The topological polar surface area (TPSA) is 150 Å². The van der Waals surface area contributed by atoms with Crippen molar-refractivity contribution in [2.45, 2.75) is 0 Å². The van der Waals surface area contributed by atoms with Crippen molar-refractivity contribution in [2.75, 3.05) is 6.54 Å². The Bertz CT molecular complexity index is 822. The van der Waals surface area contributed by atoms with Crippen LogP contribution in [0.25, 0.3) is 0 Å². The van der Waals surface area contributed by atoms with Gasteiger partial charge in [-0.1, -0.05) is 18.2 Å². The number of nitrogens with zero attached hydrogens (tertiary/aromatic N) is 3. The Balaban J connectivity index is 1.85. The zero-order valence-corrected chi connectivity index (χ0v) is 12.7. The Hall–Kier alpha value is -3.82. The van der Waals surface area contributed by atoms with Crippen molar-refractivity contribution in [1.29, 1.82) is 0 Å². The monoisotopic (exact) mass is 342 g/mol. The van der Waals surface area contributed by atoms with E-state index in [9.17, 15) is 24.8 Å². The van der Waals surface area contributed by atoms with Crippen LogP contribution in [0.3, 0.4) is 0 Å². The lowest BCUT2D eigenvalue weighted by Crippen LogP contribution is -2.35. The molecule has 0 saturated carbocycles. The predicted octanol–water partition coefficient (Wildman–Crippen LogP) is -0.0565. The van der Waals surface area contributed by atoms with Gasteiger partial charge in [0, 0.05) is 17.8 Å². The maximum absolute atomic E-state index is 11.7. The molecule has 2 rings (SSSR count). The summed E-state index contributed by atoms with van der Waals surface area (Å²) in [5.41, 5.74) is 2.00. The van der Waals surface area contributed by atoms with Gasteiger partial charge >= 0.3 is 0 Å². The van der Waals surface area contributed by atoms with Gasteiger partial charge < -0.3 is 10.4 Å². The number of carbonyl (C=O) groups is 2. The maximum Gasteiger partial charge on any atom is 0.270 e. The molecule has 2 amide bonds. The number of carbonyl (C=O) groups excluding carboxylic acids is 2. The highest BCUT2D eigenvalue weighted by molar-refractivity contribution is 5.94. The lowest BCUT2D eigenvalue weighted by Gasteiger charge is -2.06. The van der Waals surface area contributed by atoms with Crippen LogP contribution in [0.4, 0.5) is 5.69 Å². The predicted molar refractivity (Wildman–Crippen MR) is 84.8 cm³/mol. The Morgan fingerprint density at radius 2 is 2.08 bits per heavy atom. The molecule has 1 aromatic carbocycles. The van der Waals surface area contributed by atoms with E-state index < -0.39 is 28.2 Å². The minimum Gasteiger partial charge on any atom is -0.868 e. The molecule has 25 heavy (non-hydrogen) atoms. The Labute approximate surface area is 141 Å². The summed E-state index contributed by atoms with van der Waals surface area (Å²) in [6.07, 6.45) is 2.59. The molecule has 10 nitrogen and oxygen atoms in total. The minimum atomic E-state index is -0.800. The Morgan fingerprint density at radius 3 is 2.76 bits per heavy atom. The van der Waals surface area contributed by atoms with Gasteiger partial charge in [-0.15, -0.1) is 0 Å². The number of hydrogen-bond acceptors (Lipinski definition) is 7. The average molecular weight is 342 g/mol. The summed E-state index contributed by atoms with van der Waals surface area (Å²) in [4.78, 5) is 37.0. The highest BCUT2D eigenvalue weighted by Gasteiger charge is 2.09. The third-order valence-electron chi connectivity index (χ3n) is 2.89. The van der Waals surface area contributed by atoms with Crippen LogP contribution in [-0.4, -0.2) is 34.5 Å². The van der Waals surface area contributed by atoms with Gasteiger partial charge in [-0.3, -0.25) is 24.7 Å². The van der Waals surface area contributed by atoms with Gasteiger partial charge in [-0.05, 0) is 17.9 Å². The number of amides is 2. The van der Waals surface area contributed by atoms with Gasteiger partial charge in [0.2, 0.25) is 0 Å². The van der Waals surface area contributed by atoms with E-state index in [4.69, 9.17) is 0 Å². The number of rotatable bonds is 6. The molecular formula is C15H12N5O5-. The molecule has 2 N–H and O–H groups in total. The SMILES string of the molecule is O=C(CNC(=O)c1ccccn1)N/N=C\c1ccc([O-])c([N+](=O)[O-])c1. The summed E-state index contributed by atoms with van der Waals surface area (Å²) in [6, 6.07) is 8.20. The van der Waals surface area contributed by atoms with Gasteiger partial charge in [-0.25, -0.2) is 5.43 Å². The summed E-state index contributed by atoms with van der Waals surface area (Å²) in [5.74, 6) is -1.83. The minimum absolute atomic E-state index is 0.170. The largest absolute Gasteiger partial charge is 0.868 e. The highest BCUT2D eigenvalue weighted by atomic mass is 16.6. The van der Waals surface area contributed by atoms with E-state index in [1.807, 2.05) is 0 Å². The normalized spacial score (nSPS) is 10.4. The van der Waals surface area contributed by atoms with E-state index >= 15 is 0 Å².